The Bertz CT molecular complexity index is 1410. The van der Waals surface area contributed by atoms with Crippen LogP contribution < -0.4 is 15.0 Å². The predicted octanol–water partition coefficient (Wildman–Crippen LogP) is 4.53. The Morgan fingerprint density at radius 1 is 1.15 bits per heavy atom. The first-order valence-corrected chi connectivity index (χ1v) is 12.8. The summed E-state index contributed by atoms with van der Waals surface area (Å²) in [5.74, 6) is 0.708. The number of aromatic amines is 1. The number of methoxy groups -OCH3 is 1. The molecular formula is C25H25ClN2O5S. The summed E-state index contributed by atoms with van der Waals surface area (Å²) < 4.78 is 36.6. The van der Waals surface area contributed by atoms with E-state index < -0.39 is 10.0 Å². The lowest BCUT2D eigenvalue weighted by Crippen LogP contribution is -2.44. The summed E-state index contributed by atoms with van der Waals surface area (Å²) in [6.07, 6.45) is 6.38. The molecule has 7 nitrogen and oxygen atoms in total. The second kappa shape index (κ2) is 9.29. The van der Waals surface area contributed by atoms with Crippen molar-refractivity contribution in [3.05, 3.63) is 80.7 Å². The summed E-state index contributed by atoms with van der Waals surface area (Å²) in [4.78, 5) is 15.2. The molecule has 0 saturated carbocycles. The molecule has 1 saturated heterocycles. The van der Waals surface area contributed by atoms with Crippen LogP contribution in [0.2, 0.25) is 5.02 Å². The highest BCUT2D eigenvalue weighted by Gasteiger charge is 2.38. The van der Waals surface area contributed by atoms with Crippen molar-refractivity contribution in [2.45, 2.75) is 12.3 Å². The largest absolute Gasteiger partial charge is 0.496 e. The lowest BCUT2D eigenvalue weighted by atomic mass is 9.78. The van der Waals surface area contributed by atoms with Crippen LogP contribution in [0.25, 0.3) is 23.3 Å². The lowest BCUT2D eigenvalue weighted by molar-refractivity contribution is -0.0509. The molecule has 1 aliphatic heterocycles. The molecule has 0 spiro atoms. The lowest BCUT2D eigenvalue weighted by Gasteiger charge is -2.39. The first kappa shape index (κ1) is 24.1. The van der Waals surface area contributed by atoms with E-state index in [9.17, 15) is 13.2 Å². The van der Waals surface area contributed by atoms with Crippen molar-refractivity contribution < 1.29 is 17.9 Å². The Morgan fingerprint density at radius 2 is 1.85 bits per heavy atom. The predicted molar refractivity (Wildman–Crippen MR) is 136 cm³/mol. The molecule has 0 amide bonds. The third-order valence-corrected chi connectivity index (χ3v) is 6.49. The highest BCUT2D eigenvalue weighted by atomic mass is 35.5. The van der Waals surface area contributed by atoms with Gasteiger partial charge in [-0.25, -0.2) is 8.42 Å². The van der Waals surface area contributed by atoms with Crippen LogP contribution in [0, 0.1) is 0 Å². The fourth-order valence-corrected chi connectivity index (χ4v) is 4.63. The molecule has 1 aliphatic rings. The van der Waals surface area contributed by atoms with Crippen molar-refractivity contribution in [2.75, 3.05) is 31.3 Å². The van der Waals surface area contributed by atoms with Crippen LogP contribution in [0.4, 0.5) is 5.69 Å². The minimum Gasteiger partial charge on any atom is -0.496 e. The number of ether oxygens (including phenoxy) is 2. The molecule has 2 heterocycles. The Kier molecular flexibility index (Phi) is 6.58. The van der Waals surface area contributed by atoms with Crippen LogP contribution in [0.1, 0.15) is 23.6 Å². The topological polar surface area (TPSA) is 97.5 Å². The van der Waals surface area contributed by atoms with Crippen LogP contribution in [-0.4, -0.2) is 40.0 Å². The Hall–Kier alpha value is -3.07. The van der Waals surface area contributed by atoms with Crippen LogP contribution in [-0.2, 0) is 20.2 Å². The first-order chi connectivity index (χ1) is 16.1. The van der Waals surface area contributed by atoms with Gasteiger partial charge in [0.1, 0.15) is 5.75 Å². The van der Waals surface area contributed by atoms with Crippen molar-refractivity contribution >= 4 is 39.5 Å². The third-order valence-electron chi connectivity index (χ3n) is 5.66. The molecule has 2 N–H and O–H groups in total. The SMILES string of the molecule is COc1c(/C=C/c2ccc(NS(C)(=O)=O)cc2)cc(-c2cc(Cl)c[nH]c2=O)cc1C1(C)COC1. The van der Waals surface area contributed by atoms with Crippen LogP contribution >= 0.6 is 11.6 Å². The second-order valence-corrected chi connectivity index (χ2v) is 10.8. The number of benzene rings is 2. The molecule has 1 fully saturated rings. The summed E-state index contributed by atoms with van der Waals surface area (Å²) in [6, 6.07) is 12.5. The van der Waals surface area contributed by atoms with Crippen molar-refractivity contribution in [3.8, 4) is 16.9 Å². The first-order valence-electron chi connectivity index (χ1n) is 10.5. The number of H-pyrrole nitrogens is 1. The summed E-state index contributed by atoms with van der Waals surface area (Å²) >= 11 is 6.16. The second-order valence-electron chi connectivity index (χ2n) is 8.59. The fourth-order valence-electron chi connectivity index (χ4n) is 3.90. The van der Waals surface area contributed by atoms with E-state index in [1.807, 2.05) is 36.4 Å². The van der Waals surface area contributed by atoms with E-state index in [2.05, 4.69) is 16.6 Å². The Labute approximate surface area is 203 Å². The number of hydrogen-bond acceptors (Lipinski definition) is 5. The normalized spacial score (nSPS) is 15.2. The maximum atomic E-state index is 12.6. The van der Waals surface area contributed by atoms with Gasteiger partial charge in [0.15, 0.2) is 0 Å². The number of sulfonamides is 1. The van der Waals surface area contributed by atoms with Gasteiger partial charge >= 0.3 is 0 Å². The molecule has 0 radical (unpaired) electrons. The van der Waals surface area contributed by atoms with Crippen LogP contribution in [0.5, 0.6) is 5.75 Å². The number of aromatic nitrogens is 1. The van der Waals surface area contributed by atoms with Gasteiger partial charge in [0.2, 0.25) is 10.0 Å². The number of pyridine rings is 1. The standard InChI is InChI=1S/C25H25ClN2O5S/c1-25(14-33-15-25)22-11-18(21-12-19(26)13-27-24(21)29)10-17(23(22)32-2)7-4-16-5-8-20(9-6-16)28-34(3,30)31/h4-13,28H,14-15H2,1-3H3,(H,27,29)/b7-4+. The Balaban J connectivity index is 1.78. The summed E-state index contributed by atoms with van der Waals surface area (Å²) in [7, 11) is -1.72. The quantitative estimate of drug-likeness (QED) is 0.464. The van der Waals surface area contributed by atoms with Gasteiger partial charge in [-0.05, 0) is 41.5 Å². The molecule has 0 atom stereocenters. The molecule has 178 valence electrons. The summed E-state index contributed by atoms with van der Waals surface area (Å²) in [6.45, 7) is 3.20. The van der Waals surface area contributed by atoms with Crippen LogP contribution in [0.15, 0.2) is 53.5 Å². The number of halogens is 1. The number of anilines is 1. The number of rotatable bonds is 7. The van der Waals surface area contributed by atoms with Crippen molar-refractivity contribution in [2.24, 2.45) is 0 Å². The smallest absolute Gasteiger partial charge is 0.255 e. The number of nitrogens with one attached hydrogen (secondary N) is 2. The minimum absolute atomic E-state index is 0.237. The summed E-state index contributed by atoms with van der Waals surface area (Å²) in [5.41, 5.74) is 3.80. The molecule has 9 heteroatoms. The van der Waals surface area contributed by atoms with E-state index in [1.54, 1.807) is 25.3 Å². The molecule has 3 aromatic rings. The molecule has 0 unspecified atom stereocenters. The van der Waals surface area contributed by atoms with Crippen molar-refractivity contribution in [3.63, 3.8) is 0 Å². The van der Waals surface area contributed by atoms with E-state index in [0.717, 1.165) is 28.5 Å². The average Bonchev–Trinajstić information content (AvgIpc) is 2.77. The molecule has 0 aliphatic carbocycles. The average molecular weight is 501 g/mol. The van der Waals surface area contributed by atoms with Gasteiger partial charge < -0.3 is 14.5 Å². The van der Waals surface area contributed by atoms with Crippen LogP contribution in [0.3, 0.4) is 0 Å². The maximum Gasteiger partial charge on any atom is 0.255 e. The molecular weight excluding hydrogens is 476 g/mol. The van der Waals surface area contributed by atoms with Gasteiger partial charge in [-0.15, -0.1) is 0 Å². The van der Waals surface area contributed by atoms with Gasteiger partial charge in [-0.1, -0.05) is 42.8 Å². The third kappa shape index (κ3) is 5.19. The highest BCUT2D eigenvalue weighted by Crippen LogP contribution is 2.42. The number of hydrogen-bond donors (Lipinski definition) is 2. The van der Waals surface area contributed by atoms with Crippen molar-refractivity contribution in [1.29, 1.82) is 0 Å². The van der Waals surface area contributed by atoms with Gasteiger partial charge in [0, 0.05) is 34.0 Å². The van der Waals surface area contributed by atoms with E-state index >= 15 is 0 Å². The zero-order chi connectivity index (χ0) is 24.5. The van der Waals surface area contributed by atoms with Gasteiger partial charge in [0.05, 0.1) is 31.6 Å². The maximum absolute atomic E-state index is 12.6. The highest BCUT2D eigenvalue weighted by molar-refractivity contribution is 7.92. The molecule has 0 bridgehead atoms. The monoisotopic (exact) mass is 500 g/mol. The summed E-state index contributed by atoms with van der Waals surface area (Å²) in [5, 5.41) is 0.435. The molecule has 2 aromatic carbocycles. The van der Waals surface area contributed by atoms with Crippen molar-refractivity contribution in [1.82, 2.24) is 4.98 Å². The molecule has 1 aromatic heterocycles. The van der Waals surface area contributed by atoms with Gasteiger partial charge in [0.25, 0.3) is 5.56 Å². The molecule has 4 rings (SSSR count). The van der Waals surface area contributed by atoms with Gasteiger partial charge in [-0.2, -0.15) is 0 Å². The van der Waals surface area contributed by atoms with E-state index in [-0.39, 0.29) is 11.0 Å². The Morgan fingerprint density at radius 3 is 2.44 bits per heavy atom. The zero-order valence-corrected chi connectivity index (χ0v) is 20.6. The zero-order valence-electron chi connectivity index (χ0n) is 19.0. The van der Waals surface area contributed by atoms with E-state index in [0.29, 0.717) is 35.2 Å². The van der Waals surface area contributed by atoms with E-state index in [1.165, 1.54) is 6.20 Å². The van der Waals surface area contributed by atoms with Gasteiger partial charge in [-0.3, -0.25) is 9.52 Å². The minimum atomic E-state index is -3.34. The fraction of sp³-hybridized carbons (Fsp3) is 0.240. The van der Waals surface area contributed by atoms with E-state index in [4.69, 9.17) is 21.1 Å². The molecule has 34 heavy (non-hydrogen) atoms.